The molecule has 4 aliphatic carbocycles. The number of hydrogen-bond donors (Lipinski definition) is 5. The molecule has 1 amide bonds. The van der Waals surface area contributed by atoms with E-state index in [0.29, 0.717) is 38.3 Å². The van der Waals surface area contributed by atoms with Crippen LogP contribution in [0.3, 0.4) is 0 Å². The van der Waals surface area contributed by atoms with Gasteiger partial charge in [0.15, 0.2) is 0 Å². The summed E-state index contributed by atoms with van der Waals surface area (Å²) in [6.07, 6.45) is 3.45. The molecular weight excluding hydrogens is 576 g/mol. The highest BCUT2D eigenvalue weighted by molar-refractivity contribution is 8.00. The van der Waals surface area contributed by atoms with Gasteiger partial charge in [0.1, 0.15) is 11.9 Å². The van der Waals surface area contributed by atoms with Crippen molar-refractivity contribution in [1.82, 2.24) is 10.6 Å². The number of amides is 1. The highest BCUT2D eigenvalue weighted by Gasteiger charge is 2.81. The smallest absolute Gasteiger partial charge is 0.316 e. The molecule has 0 radical (unpaired) electrons. The van der Waals surface area contributed by atoms with Gasteiger partial charge in [-0.05, 0) is 86.1 Å². The molecule has 2 spiro atoms. The van der Waals surface area contributed by atoms with Gasteiger partial charge in [-0.2, -0.15) is 0 Å². The topological polar surface area (TPSA) is 157 Å². The summed E-state index contributed by atoms with van der Waals surface area (Å²) in [5, 5.41) is 18.4. The van der Waals surface area contributed by atoms with E-state index in [1.807, 2.05) is 24.3 Å². The predicted molar refractivity (Wildman–Crippen MR) is 171 cm³/mol. The molecule has 1 aromatic carbocycles. The van der Waals surface area contributed by atoms with Gasteiger partial charge in [0, 0.05) is 40.7 Å². The van der Waals surface area contributed by atoms with Crippen LogP contribution in [-0.4, -0.2) is 66.9 Å². The molecule has 4 fully saturated rings. The first-order valence-corrected chi connectivity index (χ1v) is 17.3. The fraction of sp³-hybridized carbons (Fsp3) is 0.735. The van der Waals surface area contributed by atoms with Crippen LogP contribution < -0.4 is 22.1 Å². The summed E-state index contributed by atoms with van der Waals surface area (Å²) in [5.74, 6) is 0.414. The second-order valence-electron chi connectivity index (χ2n) is 14.7. The minimum absolute atomic E-state index is 0.0402. The van der Waals surface area contributed by atoms with E-state index in [0.717, 1.165) is 42.7 Å². The number of nitrogens with two attached hydrogens (primary N) is 2. The summed E-state index contributed by atoms with van der Waals surface area (Å²) in [6, 6.07) is 7.73. The Morgan fingerprint density at radius 1 is 1.14 bits per heavy atom. The number of hydrogen-bond acceptors (Lipinski definition) is 9. The van der Waals surface area contributed by atoms with Crippen LogP contribution in [0.1, 0.15) is 71.8 Å². The number of nitrogens with one attached hydrogen (secondary N) is 2. The molecule has 5 rings (SSSR count). The van der Waals surface area contributed by atoms with E-state index in [-0.39, 0.29) is 58.2 Å². The zero-order chi connectivity index (χ0) is 31.9. The summed E-state index contributed by atoms with van der Waals surface area (Å²) in [5.41, 5.74) is 10.7. The second-order valence-corrected chi connectivity index (χ2v) is 15.7. The Morgan fingerprint density at radius 2 is 1.86 bits per heavy atom. The standard InChI is InChI=1S/C34H52N4O5S/c1-21-14-34-19-33(11-10-25(34)39)22(2)29(42)31(3,20-37-13-5-12-35)15-26(32(21,4)30(33)34)43-28(41)18-44-24-8-6-23(7-9-24)17-38-27(40)16-36/h6-9,21-22,26,29-30,37,42H,5,10-20,35-36H2,1-4H3,(H,38,40)/t21-,22+,26-,29+,30+,31-,32+,33-,34?/m1/s1. The maximum atomic E-state index is 13.6. The van der Waals surface area contributed by atoms with Gasteiger partial charge < -0.3 is 31.9 Å². The van der Waals surface area contributed by atoms with E-state index >= 15 is 0 Å². The highest BCUT2D eigenvalue weighted by Crippen LogP contribution is 2.82. The number of Topliss-reactive ketones (excluding diaryl/α,β-unsaturated/α-hetero) is 1. The molecule has 2 bridgehead atoms. The summed E-state index contributed by atoms with van der Waals surface area (Å²) >= 11 is 1.42. The van der Waals surface area contributed by atoms with Crippen molar-refractivity contribution in [3.8, 4) is 0 Å². The number of esters is 1. The monoisotopic (exact) mass is 628 g/mol. The molecule has 44 heavy (non-hydrogen) atoms. The van der Waals surface area contributed by atoms with Crippen LogP contribution in [0.4, 0.5) is 0 Å². The van der Waals surface area contributed by atoms with Gasteiger partial charge in [0.25, 0.3) is 0 Å². The van der Waals surface area contributed by atoms with Gasteiger partial charge in [0.2, 0.25) is 5.91 Å². The number of carbonyl (C=O) groups excluding carboxylic acids is 3. The van der Waals surface area contributed by atoms with Crippen molar-refractivity contribution in [3.63, 3.8) is 0 Å². The third-order valence-corrected chi connectivity index (χ3v) is 13.2. The number of ketones is 1. The minimum atomic E-state index is -0.594. The number of rotatable bonds is 12. The zero-order valence-electron chi connectivity index (χ0n) is 26.8. The fourth-order valence-corrected chi connectivity index (χ4v) is 10.6. The maximum absolute atomic E-state index is 13.6. The molecule has 0 saturated heterocycles. The van der Waals surface area contributed by atoms with Gasteiger partial charge in [-0.1, -0.05) is 39.8 Å². The van der Waals surface area contributed by atoms with Crippen molar-refractivity contribution >= 4 is 29.4 Å². The lowest BCUT2D eigenvalue weighted by atomic mass is 9.32. The first-order valence-electron chi connectivity index (χ1n) is 16.4. The molecule has 1 aromatic rings. The minimum Gasteiger partial charge on any atom is -0.461 e. The maximum Gasteiger partial charge on any atom is 0.316 e. The third-order valence-electron chi connectivity index (χ3n) is 12.3. The van der Waals surface area contributed by atoms with Gasteiger partial charge in [0.05, 0.1) is 18.4 Å². The first kappa shape index (κ1) is 33.4. The molecule has 0 aromatic heterocycles. The van der Waals surface area contributed by atoms with Crippen molar-refractivity contribution in [3.05, 3.63) is 29.8 Å². The second kappa shape index (κ2) is 12.7. The van der Waals surface area contributed by atoms with E-state index in [1.54, 1.807) is 0 Å². The molecule has 9 nitrogen and oxygen atoms in total. The molecular formula is C34H52N4O5S. The van der Waals surface area contributed by atoms with Crippen LogP contribution in [0.5, 0.6) is 0 Å². The molecule has 9 atom stereocenters. The molecule has 244 valence electrons. The van der Waals surface area contributed by atoms with E-state index in [1.165, 1.54) is 11.8 Å². The lowest BCUT2D eigenvalue weighted by Gasteiger charge is -2.72. The van der Waals surface area contributed by atoms with Gasteiger partial charge in [-0.15, -0.1) is 11.8 Å². The average Bonchev–Trinajstić information content (AvgIpc) is 3.20. The molecule has 0 heterocycles. The van der Waals surface area contributed by atoms with E-state index in [2.05, 4.69) is 38.3 Å². The van der Waals surface area contributed by atoms with Crippen LogP contribution >= 0.6 is 11.8 Å². The van der Waals surface area contributed by atoms with Gasteiger partial charge in [-0.3, -0.25) is 14.4 Å². The van der Waals surface area contributed by atoms with Gasteiger partial charge >= 0.3 is 5.97 Å². The summed E-state index contributed by atoms with van der Waals surface area (Å²) in [4.78, 5) is 39.5. The van der Waals surface area contributed by atoms with Crippen molar-refractivity contribution in [2.24, 2.45) is 50.9 Å². The SMILES string of the molecule is C[C@@H]1CC23C[C@@]4(CCC2=O)[C@@H]3[C@]1(C)[C@H](OC(=O)CSc1ccc(CNC(=O)CN)cc1)C[C@](C)(CNCCCN)[C@@H](O)[C@@H]4C. The predicted octanol–water partition coefficient (Wildman–Crippen LogP) is 3.01. The lowest BCUT2D eigenvalue weighted by Crippen LogP contribution is -2.72. The molecule has 0 aliphatic heterocycles. The molecule has 7 N–H and O–H groups in total. The average molecular weight is 629 g/mol. The number of benzene rings is 1. The molecule has 10 heteroatoms. The molecule has 4 aliphatic rings. The van der Waals surface area contributed by atoms with Crippen LogP contribution in [-0.2, 0) is 25.7 Å². The Labute approximate surface area is 266 Å². The number of aliphatic hydroxyl groups excluding tert-OH is 1. The summed E-state index contributed by atoms with van der Waals surface area (Å²) in [7, 11) is 0. The Morgan fingerprint density at radius 3 is 2.55 bits per heavy atom. The Kier molecular flexibility index (Phi) is 9.61. The van der Waals surface area contributed by atoms with Crippen molar-refractivity contribution < 1.29 is 24.2 Å². The number of aliphatic hydroxyl groups is 1. The van der Waals surface area contributed by atoms with Crippen LogP contribution in [0, 0.1) is 39.4 Å². The first-order chi connectivity index (χ1) is 20.9. The number of carbonyl (C=O) groups is 3. The van der Waals surface area contributed by atoms with Crippen LogP contribution in [0.25, 0.3) is 0 Å². The Bertz CT molecular complexity index is 1250. The van der Waals surface area contributed by atoms with E-state index < -0.39 is 17.6 Å². The summed E-state index contributed by atoms with van der Waals surface area (Å²) in [6.45, 7) is 11.2. The van der Waals surface area contributed by atoms with Crippen LogP contribution in [0.2, 0.25) is 0 Å². The Hall–Kier alpha value is -1.98. The molecule has 1 unspecified atom stereocenters. The fourth-order valence-electron chi connectivity index (χ4n) is 9.96. The number of ether oxygens (including phenoxy) is 1. The highest BCUT2D eigenvalue weighted by atomic mass is 32.2. The zero-order valence-corrected chi connectivity index (χ0v) is 27.6. The molecule has 4 saturated carbocycles. The lowest BCUT2D eigenvalue weighted by molar-refractivity contribution is -0.261. The largest absolute Gasteiger partial charge is 0.461 e. The van der Waals surface area contributed by atoms with Gasteiger partial charge in [-0.25, -0.2) is 0 Å². The van der Waals surface area contributed by atoms with E-state index in [4.69, 9.17) is 16.2 Å². The van der Waals surface area contributed by atoms with E-state index in [9.17, 15) is 19.5 Å². The third kappa shape index (κ3) is 5.52. The quantitative estimate of drug-likeness (QED) is 0.133. The Balaban J connectivity index is 1.37. The normalized spacial score (nSPS) is 39.1. The van der Waals surface area contributed by atoms with Crippen molar-refractivity contribution in [2.45, 2.75) is 89.9 Å². The number of thioether (sulfide) groups is 1. The summed E-state index contributed by atoms with van der Waals surface area (Å²) < 4.78 is 6.52. The van der Waals surface area contributed by atoms with Crippen molar-refractivity contribution in [2.75, 3.05) is 31.9 Å². The van der Waals surface area contributed by atoms with Crippen molar-refractivity contribution in [1.29, 1.82) is 0 Å². The van der Waals surface area contributed by atoms with Crippen LogP contribution in [0.15, 0.2) is 29.2 Å².